The summed E-state index contributed by atoms with van der Waals surface area (Å²) in [7, 11) is 0. The van der Waals surface area contributed by atoms with E-state index in [-0.39, 0.29) is 5.56 Å². The van der Waals surface area contributed by atoms with E-state index >= 15 is 0 Å². The summed E-state index contributed by atoms with van der Waals surface area (Å²) in [6.45, 7) is 1.79. The van der Waals surface area contributed by atoms with Gasteiger partial charge in [-0.3, -0.25) is 4.79 Å². The molecule has 2 heterocycles. The summed E-state index contributed by atoms with van der Waals surface area (Å²) in [5, 5.41) is 3.90. The Balaban J connectivity index is 3.06. The van der Waals surface area contributed by atoms with E-state index in [9.17, 15) is 4.79 Å². The summed E-state index contributed by atoms with van der Waals surface area (Å²) in [6.07, 6.45) is 2.85. The Morgan fingerprint density at radius 3 is 3.18 bits per heavy atom. The molecule has 0 aliphatic carbocycles. The molecule has 0 atom stereocenters. The van der Waals surface area contributed by atoms with Gasteiger partial charge in [0.25, 0.3) is 5.56 Å². The summed E-state index contributed by atoms with van der Waals surface area (Å²) in [4.78, 5) is 17.4. The lowest BCUT2D eigenvalue weighted by Gasteiger charge is -1.90. The van der Waals surface area contributed by atoms with E-state index < -0.39 is 0 Å². The van der Waals surface area contributed by atoms with Crippen LogP contribution in [0.2, 0.25) is 0 Å². The molecule has 11 heavy (non-hydrogen) atoms. The molecule has 56 valence electrons. The van der Waals surface area contributed by atoms with Crippen molar-refractivity contribution in [3.63, 3.8) is 0 Å². The largest absolute Gasteiger partial charge is 0.310 e. The SMILES string of the molecule is Cc1ncc2c(=O)[nH]cnn12. The standard InChI is InChI=1S/C6H6N4O/c1-4-7-2-5-6(11)8-3-9-10(4)5/h2-3H,1H3,(H,8,9,11). The Hall–Kier alpha value is -1.65. The predicted molar refractivity (Wildman–Crippen MR) is 38.3 cm³/mol. The fourth-order valence-corrected chi connectivity index (χ4v) is 0.958. The summed E-state index contributed by atoms with van der Waals surface area (Å²) in [5.74, 6) is 0.714. The van der Waals surface area contributed by atoms with Crippen molar-refractivity contribution >= 4 is 5.52 Å². The molecule has 0 aliphatic heterocycles. The Morgan fingerprint density at radius 1 is 1.64 bits per heavy atom. The van der Waals surface area contributed by atoms with Gasteiger partial charge in [-0.25, -0.2) is 9.50 Å². The number of aromatic amines is 1. The molecule has 2 aromatic rings. The van der Waals surface area contributed by atoms with E-state index in [0.717, 1.165) is 0 Å². The van der Waals surface area contributed by atoms with Crippen molar-refractivity contribution < 1.29 is 0 Å². The van der Waals surface area contributed by atoms with Gasteiger partial charge in [-0.1, -0.05) is 0 Å². The maximum absolute atomic E-state index is 11.0. The van der Waals surface area contributed by atoms with Gasteiger partial charge in [0.05, 0.1) is 6.20 Å². The number of aryl methyl sites for hydroxylation is 1. The van der Waals surface area contributed by atoms with Crippen molar-refractivity contribution in [2.75, 3.05) is 0 Å². The number of rotatable bonds is 0. The van der Waals surface area contributed by atoms with Crippen LogP contribution in [0.4, 0.5) is 0 Å². The molecule has 0 saturated carbocycles. The first-order valence-corrected chi connectivity index (χ1v) is 3.17. The Labute approximate surface area is 61.7 Å². The third-order valence-electron chi connectivity index (χ3n) is 1.51. The number of imidazole rings is 1. The number of H-pyrrole nitrogens is 1. The van der Waals surface area contributed by atoms with E-state index in [1.54, 1.807) is 6.92 Å². The highest BCUT2D eigenvalue weighted by Gasteiger charge is 2.00. The van der Waals surface area contributed by atoms with Crippen LogP contribution in [0.15, 0.2) is 17.3 Å². The smallest absolute Gasteiger partial charge is 0.276 e. The molecule has 2 aromatic heterocycles. The zero-order chi connectivity index (χ0) is 7.84. The van der Waals surface area contributed by atoms with Gasteiger partial charge in [0.1, 0.15) is 12.2 Å². The second-order valence-corrected chi connectivity index (χ2v) is 2.22. The predicted octanol–water partition coefficient (Wildman–Crippen LogP) is -0.274. The quantitative estimate of drug-likeness (QED) is 0.562. The van der Waals surface area contributed by atoms with Crippen molar-refractivity contribution in [3.05, 3.63) is 28.7 Å². The monoisotopic (exact) mass is 150 g/mol. The summed E-state index contributed by atoms with van der Waals surface area (Å²) < 4.78 is 1.50. The highest BCUT2D eigenvalue weighted by molar-refractivity contribution is 5.40. The maximum Gasteiger partial charge on any atom is 0.276 e. The average molecular weight is 150 g/mol. The molecule has 0 amide bonds. The molecule has 5 nitrogen and oxygen atoms in total. The number of aromatic nitrogens is 4. The highest BCUT2D eigenvalue weighted by Crippen LogP contribution is 1.94. The van der Waals surface area contributed by atoms with E-state index in [1.165, 1.54) is 17.0 Å². The van der Waals surface area contributed by atoms with Gasteiger partial charge in [-0.05, 0) is 6.92 Å². The number of hydrogen-bond donors (Lipinski definition) is 1. The first-order valence-electron chi connectivity index (χ1n) is 3.17. The van der Waals surface area contributed by atoms with Crippen LogP contribution in [0.3, 0.4) is 0 Å². The molecule has 1 N–H and O–H groups in total. The molecule has 0 aliphatic rings. The highest BCUT2D eigenvalue weighted by atomic mass is 16.1. The second-order valence-electron chi connectivity index (χ2n) is 2.22. The minimum absolute atomic E-state index is 0.166. The molecular formula is C6H6N4O. The molecule has 0 unspecified atom stereocenters. The van der Waals surface area contributed by atoms with Crippen LogP contribution in [-0.4, -0.2) is 19.6 Å². The van der Waals surface area contributed by atoms with E-state index in [1.807, 2.05) is 0 Å². The number of hydrogen-bond acceptors (Lipinski definition) is 3. The lowest BCUT2D eigenvalue weighted by atomic mass is 10.6. The van der Waals surface area contributed by atoms with Gasteiger partial charge in [0, 0.05) is 0 Å². The minimum atomic E-state index is -0.166. The third kappa shape index (κ3) is 0.739. The maximum atomic E-state index is 11.0. The molecule has 0 saturated heterocycles. The zero-order valence-corrected chi connectivity index (χ0v) is 5.90. The van der Waals surface area contributed by atoms with E-state index in [2.05, 4.69) is 15.1 Å². The van der Waals surface area contributed by atoms with Gasteiger partial charge in [0.2, 0.25) is 0 Å². The van der Waals surface area contributed by atoms with Crippen molar-refractivity contribution in [3.8, 4) is 0 Å². The second kappa shape index (κ2) is 1.91. The van der Waals surface area contributed by atoms with Crippen LogP contribution in [0.1, 0.15) is 5.82 Å². The Bertz CT molecular complexity index is 441. The molecule has 5 heteroatoms. The number of nitrogens with one attached hydrogen (secondary N) is 1. The summed E-state index contributed by atoms with van der Waals surface area (Å²) in [6, 6.07) is 0. The molecule has 2 rings (SSSR count). The first kappa shape index (κ1) is 6.09. The zero-order valence-electron chi connectivity index (χ0n) is 5.90. The van der Waals surface area contributed by atoms with E-state index in [4.69, 9.17) is 0 Å². The Kier molecular flexibility index (Phi) is 1.06. The normalized spacial score (nSPS) is 10.6. The average Bonchev–Trinajstić information content (AvgIpc) is 2.35. The van der Waals surface area contributed by atoms with Gasteiger partial charge >= 0.3 is 0 Å². The van der Waals surface area contributed by atoms with Gasteiger partial charge in [-0.2, -0.15) is 5.10 Å². The third-order valence-corrected chi connectivity index (χ3v) is 1.51. The fourth-order valence-electron chi connectivity index (χ4n) is 0.958. The van der Waals surface area contributed by atoms with Crippen LogP contribution in [0.5, 0.6) is 0 Å². The molecule has 0 radical (unpaired) electrons. The van der Waals surface area contributed by atoms with Crippen LogP contribution in [-0.2, 0) is 0 Å². The van der Waals surface area contributed by atoms with Crippen LogP contribution < -0.4 is 5.56 Å². The molecule has 0 aromatic carbocycles. The van der Waals surface area contributed by atoms with Crippen LogP contribution in [0.25, 0.3) is 5.52 Å². The van der Waals surface area contributed by atoms with Gasteiger partial charge < -0.3 is 4.98 Å². The molecular weight excluding hydrogens is 144 g/mol. The van der Waals surface area contributed by atoms with Crippen molar-refractivity contribution in [2.45, 2.75) is 6.92 Å². The van der Waals surface area contributed by atoms with Crippen molar-refractivity contribution in [2.24, 2.45) is 0 Å². The Morgan fingerprint density at radius 2 is 2.45 bits per heavy atom. The summed E-state index contributed by atoms with van der Waals surface area (Å²) >= 11 is 0. The fraction of sp³-hybridized carbons (Fsp3) is 0.167. The van der Waals surface area contributed by atoms with Gasteiger partial charge in [-0.15, -0.1) is 0 Å². The number of nitrogens with zero attached hydrogens (tertiary/aromatic N) is 3. The van der Waals surface area contributed by atoms with Crippen molar-refractivity contribution in [1.29, 1.82) is 0 Å². The number of fused-ring (bicyclic) bond motifs is 1. The molecule has 0 spiro atoms. The van der Waals surface area contributed by atoms with Crippen molar-refractivity contribution in [1.82, 2.24) is 19.6 Å². The first-order chi connectivity index (χ1) is 5.29. The topological polar surface area (TPSA) is 63.0 Å². The minimum Gasteiger partial charge on any atom is -0.310 e. The van der Waals surface area contributed by atoms with Crippen LogP contribution >= 0.6 is 0 Å². The lowest BCUT2D eigenvalue weighted by molar-refractivity contribution is 0.842. The molecule has 0 bridgehead atoms. The van der Waals surface area contributed by atoms with E-state index in [0.29, 0.717) is 11.3 Å². The van der Waals surface area contributed by atoms with Crippen LogP contribution in [0, 0.1) is 6.92 Å². The summed E-state index contributed by atoms with van der Waals surface area (Å²) in [5.41, 5.74) is 0.311. The molecule has 0 fully saturated rings. The lowest BCUT2D eigenvalue weighted by Crippen LogP contribution is -2.10. The van der Waals surface area contributed by atoms with Gasteiger partial charge in [0.15, 0.2) is 5.52 Å².